The smallest absolute Gasteiger partial charge is 0.255 e. The Labute approximate surface area is 115 Å². The summed E-state index contributed by atoms with van der Waals surface area (Å²) in [5, 5.41) is 5.21. The first-order valence-corrected chi connectivity index (χ1v) is 7.15. The molecule has 0 aromatic carbocycles. The lowest BCUT2D eigenvalue weighted by Gasteiger charge is -2.37. The number of amides is 1. The fourth-order valence-electron chi connectivity index (χ4n) is 2.39. The van der Waals surface area contributed by atoms with Crippen LogP contribution < -0.4 is 5.32 Å². The zero-order chi connectivity index (χ0) is 13.1. The molecule has 0 saturated carbocycles. The van der Waals surface area contributed by atoms with E-state index in [2.05, 4.69) is 11.4 Å². The molecular formula is C14H15NO3S. The Balaban J connectivity index is 1.86. The summed E-state index contributed by atoms with van der Waals surface area (Å²) in [6.45, 7) is 1.34. The highest BCUT2D eigenvalue weighted by atomic mass is 32.1. The number of rotatable bonds is 3. The third-order valence-electron chi connectivity index (χ3n) is 3.48. The summed E-state index contributed by atoms with van der Waals surface area (Å²) in [7, 11) is 0. The predicted octanol–water partition coefficient (Wildman–Crippen LogP) is 2.78. The standard InChI is InChI=1S/C14H15NO3S/c16-13(11-3-6-18-10-11)15-14(4-7-17-8-5-14)12-2-1-9-19-12/h1-3,6,9-10H,4-5,7-8H2,(H,15,16). The van der Waals surface area contributed by atoms with Crippen LogP contribution in [0, 0.1) is 0 Å². The molecule has 1 N–H and O–H groups in total. The van der Waals surface area contributed by atoms with Gasteiger partial charge in [-0.2, -0.15) is 0 Å². The molecule has 1 fully saturated rings. The topological polar surface area (TPSA) is 51.5 Å². The zero-order valence-electron chi connectivity index (χ0n) is 10.4. The van der Waals surface area contributed by atoms with Crippen LogP contribution in [0.15, 0.2) is 40.5 Å². The Kier molecular flexibility index (Phi) is 3.40. The van der Waals surface area contributed by atoms with Crippen LogP contribution in [0.1, 0.15) is 28.1 Å². The fourth-order valence-corrected chi connectivity index (χ4v) is 3.33. The summed E-state index contributed by atoms with van der Waals surface area (Å²) in [6.07, 6.45) is 4.59. The molecule has 1 amide bonds. The van der Waals surface area contributed by atoms with Gasteiger partial charge in [0.2, 0.25) is 0 Å². The average Bonchev–Trinajstić information content (AvgIpc) is 3.13. The monoisotopic (exact) mass is 277 g/mol. The van der Waals surface area contributed by atoms with E-state index in [-0.39, 0.29) is 11.4 Å². The minimum Gasteiger partial charge on any atom is -0.472 e. The first kappa shape index (κ1) is 12.4. The van der Waals surface area contributed by atoms with Crippen LogP contribution in [-0.4, -0.2) is 19.1 Å². The van der Waals surface area contributed by atoms with Gasteiger partial charge in [-0.25, -0.2) is 0 Å². The van der Waals surface area contributed by atoms with Crippen LogP contribution in [0.3, 0.4) is 0 Å². The van der Waals surface area contributed by atoms with Gasteiger partial charge in [-0.1, -0.05) is 6.07 Å². The first-order chi connectivity index (χ1) is 9.30. The third-order valence-corrected chi connectivity index (χ3v) is 4.55. The van der Waals surface area contributed by atoms with Crippen molar-refractivity contribution in [3.05, 3.63) is 46.5 Å². The predicted molar refractivity (Wildman–Crippen MR) is 72.2 cm³/mol. The average molecular weight is 277 g/mol. The van der Waals surface area contributed by atoms with Gasteiger partial charge in [0.25, 0.3) is 5.91 Å². The Morgan fingerprint density at radius 1 is 1.32 bits per heavy atom. The molecule has 3 heterocycles. The van der Waals surface area contributed by atoms with Gasteiger partial charge in [0.15, 0.2) is 0 Å². The number of ether oxygens (including phenoxy) is 1. The Hall–Kier alpha value is -1.59. The third kappa shape index (κ3) is 2.43. The van der Waals surface area contributed by atoms with Crippen LogP contribution >= 0.6 is 11.3 Å². The zero-order valence-corrected chi connectivity index (χ0v) is 11.2. The fraction of sp³-hybridized carbons (Fsp3) is 0.357. The molecule has 100 valence electrons. The summed E-state index contributed by atoms with van der Waals surface area (Å²) in [6, 6.07) is 5.77. The molecule has 19 heavy (non-hydrogen) atoms. The summed E-state index contributed by atoms with van der Waals surface area (Å²) >= 11 is 1.67. The van der Waals surface area contributed by atoms with E-state index in [9.17, 15) is 4.79 Å². The highest BCUT2D eigenvalue weighted by Gasteiger charge is 2.37. The number of furan rings is 1. The van der Waals surface area contributed by atoms with Gasteiger partial charge < -0.3 is 14.5 Å². The van der Waals surface area contributed by atoms with E-state index in [0.29, 0.717) is 18.8 Å². The number of carbonyl (C=O) groups is 1. The minimum absolute atomic E-state index is 0.0935. The van der Waals surface area contributed by atoms with Crippen molar-refractivity contribution in [2.75, 3.05) is 13.2 Å². The van der Waals surface area contributed by atoms with Crippen LogP contribution in [0.4, 0.5) is 0 Å². The normalized spacial score (nSPS) is 18.1. The van der Waals surface area contributed by atoms with E-state index in [1.807, 2.05) is 11.4 Å². The van der Waals surface area contributed by atoms with Crippen LogP contribution in [-0.2, 0) is 10.3 Å². The van der Waals surface area contributed by atoms with Gasteiger partial charge in [0.1, 0.15) is 6.26 Å². The van der Waals surface area contributed by atoms with Crippen molar-refractivity contribution in [3.8, 4) is 0 Å². The molecule has 2 aromatic rings. The number of nitrogens with one attached hydrogen (secondary N) is 1. The maximum atomic E-state index is 12.3. The van der Waals surface area contributed by atoms with Crippen LogP contribution in [0.5, 0.6) is 0 Å². The number of hydrogen-bond acceptors (Lipinski definition) is 4. The molecule has 1 aliphatic rings. The largest absolute Gasteiger partial charge is 0.472 e. The van der Waals surface area contributed by atoms with Crippen molar-refractivity contribution in [1.29, 1.82) is 0 Å². The number of hydrogen-bond donors (Lipinski definition) is 1. The lowest BCUT2D eigenvalue weighted by molar-refractivity contribution is 0.0358. The second-order valence-corrected chi connectivity index (χ2v) is 5.59. The maximum Gasteiger partial charge on any atom is 0.255 e. The Bertz CT molecular complexity index is 527. The SMILES string of the molecule is O=C(NC1(c2cccs2)CCOCC1)c1ccoc1. The Morgan fingerprint density at radius 2 is 2.16 bits per heavy atom. The number of carbonyl (C=O) groups excluding carboxylic acids is 1. The van der Waals surface area contributed by atoms with E-state index in [0.717, 1.165) is 12.8 Å². The summed E-state index contributed by atoms with van der Waals surface area (Å²) in [5.41, 5.74) is 0.253. The van der Waals surface area contributed by atoms with Crippen LogP contribution in [0.25, 0.3) is 0 Å². The summed E-state index contributed by atoms with van der Waals surface area (Å²) < 4.78 is 10.4. The molecule has 1 aliphatic heterocycles. The maximum absolute atomic E-state index is 12.3. The molecule has 0 radical (unpaired) electrons. The molecule has 0 aliphatic carbocycles. The first-order valence-electron chi connectivity index (χ1n) is 6.27. The quantitative estimate of drug-likeness (QED) is 0.938. The number of thiophene rings is 1. The second-order valence-electron chi connectivity index (χ2n) is 4.64. The van der Waals surface area contributed by atoms with Crippen molar-refractivity contribution in [1.82, 2.24) is 5.32 Å². The molecule has 1 saturated heterocycles. The van der Waals surface area contributed by atoms with Gasteiger partial charge in [0, 0.05) is 18.1 Å². The van der Waals surface area contributed by atoms with E-state index in [1.54, 1.807) is 17.4 Å². The second kappa shape index (κ2) is 5.19. The van der Waals surface area contributed by atoms with Crippen molar-refractivity contribution < 1.29 is 13.9 Å². The highest BCUT2D eigenvalue weighted by molar-refractivity contribution is 7.10. The Morgan fingerprint density at radius 3 is 2.79 bits per heavy atom. The molecule has 0 unspecified atom stereocenters. The van der Waals surface area contributed by atoms with E-state index in [1.165, 1.54) is 17.4 Å². The van der Waals surface area contributed by atoms with Gasteiger partial charge >= 0.3 is 0 Å². The molecule has 3 rings (SSSR count). The molecule has 0 spiro atoms. The van der Waals surface area contributed by atoms with E-state index < -0.39 is 0 Å². The molecule has 0 atom stereocenters. The summed E-state index contributed by atoms with van der Waals surface area (Å²) in [5.74, 6) is -0.0935. The highest BCUT2D eigenvalue weighted by Crippen LogP contribution is 2.35. The van der Waals surface area contributed by atoms with Crippen molar-refractivity contribution in [3.63, 3.8) is 0 Å². The summed E-state index contributed by atoms with van der Waals surface area (Å²) in [4.78, 5) is 13.5. The van der Waals surface area contributed by atoms with Crippen molar-refractivity contribution in [2.24, 2.45) is 0 Å². The molecule has 5 heteroatoms. The van der Waals surface area contributed by atoms with Crippen molar-refractivity contribution >= 4 is 17.2 Å². The lowest BCUT2D eigenvalue weighted by atomic mass is 9.88. The minimum atomic E-state index is -0.305. The van der Waals surface area contributed by atoms with Gasteiger partial charge in [-0.3, -0.25) is 4.79 Å². The van der Waals surface area contributed by atoms with Crippen LogP contribution in [0.2, 0.25) is 0 Å². The lowest BCUT2D eigenvalue weighted by Crippen LogP contribution is -2.48. The van der Waals surface area contributed by atoms with Gasteiger partial charge in [0.05, 0.1) is 17.4 Å². The molecule has 2 aromatic heterocycles. The van der Waals surface area contributed by atoms with Gasteiger partial charge in [-0.15, -0.1) is 11.3 Å². The molecule has 4 nitrogen and oxygen atoms in total. The van der Waals surface area contributed by atoms with Gasteiger partial charge in [-0.05, 0) is 30.4 Å². The molecular weight excluding hydrogens is 262 g/mol. The van der Waals surface area contributed by atoms with E-state index >= 15 is 0 Å². The van der Waals surface area contributed by atoms with E-state index in [4.69, 9.17) is 9.15 Å². The van der Waals surface area contributed by atoms with Crippen molar-refractivity contribution in [2.45, 2.75) is 18.4 Å². The molecule has 0 bridgehead atoms.